The number of hydrogen-bond acceptors (Lipinski definition) is 6. The van der Waals surface area contributed by atoms with Crippen LogP contribution in [0.2, 0.25) is 0 Å². The molecule has 0 rings (SSSR count). The summed E-state index contributed by atoms with van der Waals surface area (Å²) >= 11 is 0. The van der Waals surface area contributed by atoms with E-state index in [1.807, 2.05) is 13.8 Å². The largest absolute Gasteiger partial charge is 0.468 e. The van der Waals surface area contributed by atoms with E-state index in [9.17, 15) is 18.0 Å². The van der Waals surface area contributed by atoms with Gasteiger partial charge in [0.25, 0.3) is 10.2 Å². The van der Waals surface area contributed by atoms with Crippen molar-refractivity contribution >= 4 is 22.1 Å². The number of hydrogen-bond donors (Lipinski definition) is 2. The predicted octanol–water partition coefficient (Wildman–Crippen LogP) is -0.0503. The molecule has 0 radical (unpaired) electrons. The molecule has 0 spiro atoms. The third-order valence-electron chi connectivity index (χ3n) is 2.46. The molecule has 2 N–H and O–H groups in total. The first-order valence-electron chi connectivity index (χ1n) is 6.67. The van der Waals surface area contributed by atoms with Crippen LogP contribution < -0.4 is 9.44 Å². The Kier molecular flexibility index (Phi) is 8.45. The second-order valence-electron chi connectivity index (χ2n) is 4.92. The molecule has 0 aliphatic rings. The Balaban J connectivity index is 4.81. The van der Waals surface area contributed by atoms with E-state index in [2.05, 4.69) is 14.2 Å². The molecular weight excluding hydrogens is 300 g/mol. The summed E-state index contributed by atoms with van der Waals surface area (Å²) < 4.78 is 37.4. The van der Waals surface area contributed by atoms with Crippen LogP contribution in [0.3, 0.4) is 0 Å². The van der Waals surface area contributed by atoms with Gasteiger partial charge >= 0.3 is 11.9 Å². The van der Waals surface area contributed by atoms with Gasteiger partial charge in [-0.25, -0.2) is 0 Å². The Hall–Kier alpha value is -1.19. The maximum atomic E-state index is 11.9. The second kappa shape index (κ2) is 8.96. The molecule has 0 saturated heterocycles. The molecule has 0 amide bonds. The number of carbonyl (C=O) groups is 2. The molecule has 21 heavy (non-hydrogen) atoms. The number of ether oxygens (including phenoxy) is 2. The van der Waals surface area contributed by atoms with Crippen LogP contribution in [0, 0.1) is 5.92 Å². The second-order valence-corrected chi connectivity index (χ2v) is 6.40. The van der Waals surface area contributed by atoms with Gasteiger partial charge in [-0.3, -0.25) is 9.59 Å². The van der Waals surface area contributed by atoms with Gasteiger partial charge in [0, 0.05) is 0 Å². The van der Waals surface area contributed by atoms with Crippen LogP contribution in [-0.2, 0) is 29.3 Å². The minimum atomic E-state index is -4.05. The molecule has 124 valence electrons. The van der Waals surface area contributed by atoms with E-state index in [-0.39, 0.29) is 18.9 Å². The van der Waals surface area contributed by atoms with Crippen LogP contribution in [-0.4, -0.2) is 46.2 Å². The van der Waals surface area contributed by atoms with E-state index in [1.165, 1.54) is 14.0 Å². The fraction of sp³-hybridized carbons (Fsp3) is 0.833. The average molecular weight is 324 g/mol. The van der Waals surface area contributed by atoms with Crippen LogP contribution in [0.4, 0.5) is 0 Å². The van der Waals surface area contributed by atoms with Gasteiger partial charge in [-0.15, -0.1) is 0 Å². The summed E-state index contributed by atoms with van der Waals surface area (Å²) in [6, 6.07) is -2.07. The van der Waals surface area contributed by atoms with Crippen LogP contribution in [0.15, 0.2) is 0 Å². The van der Waals surface area contributed by atoms with Crippen LogP contribution in [0.5, 0.6) is 0 Å². The van der Waals surface area contributed by atoms with Crippen molar-refractivity contribution in [1.82, 2.24) is 9.44 Å². The number of carbonyl (C=O) groups excluding carboxylic acids is 2. The van der Waals surface area contributed by atoms with E-state index >= 15 is 0 Å². The summed E-state index contributed by atoms with van der Waals surface area (Å²) in [6.07, 6.45) is 0.279. The van der Waals surface area contributed by atoms with Gasteiger partial charge < -0.3 is 9.47 Å². The first-order valence-corrected chi connectivity index (χ1v) is 8.15. The van der Waals surface area contributed by atoms with Gasteiger partial charge in [-0.05, 0) is 26.2 Å². The topological polar surface area (TPSA) is 111 Å². The summed E-state index contributed by atoms with van der Waals surface area (Å²) in [5.41, 5.74) is 0. The van der Waals surface area contributed by atoms with Crippen molar-refractivity contribution in [2.45, 2.75) is 46.2 Å². The van der Waals surface area contributed by atoms with Gasteiger partial charge in [0.15, 0.2) is 0 Å². The maximum Gasteiger partial charge on any atom is 0.323 e. The average Bonchev–Trinajstić information content (AvgIpc) is 2.35. The minimum Gasteiger partial charge on any atom is -0.468 e. The fourth-order valence-electron chi connectivity index (χ4n) is 1.58. The molecule has 8 nitrogen and oxygen atoms in total. The van der Waals surface area contributed by atoms with Crippen molar-refractivity contribution in [3.63, 3.8) is 0 Å². The lowest BCUT2D eigenvalue weighted by molar-refractivity contribution is -0.144. The highest BCUT2D eigenvalue weighted by Gasteiger charge is 2.28. The summed E-state index contributed by atoms with van der Waals surface area (Å²) in [5, 5.41) is 0. The van der Waals surface area contributed by atoms with Crippen LogP contribution in [0.1, 0.15) is 34.1 Å². The third kappa shape index (κ3) is 7.98. The molecule has 0 aromatic carbocycles. The van der Waals surface area contributed by atoms with Crippen LogP contribution >= 0.6 is 0 Å². The molecule has 0 heterocycles. The minimum absolute atomic E-state index is 0.0827. The Labute approximate surface area is 125 Å². The van der Waals surface area contributed by atoms with Crippen molar-refractivity contribution in [2.24, 2.45) is 5.92 Å². The standard InChI is InChI=1S/C12H24N2O6S/c1-6-20-11(15)9(4)13-21(17,18)14-10(7-8(2)3)12(16)19-5/h8-10,13-14H,6-7H2,1-5H3/t9-,10+/m1/s1. The maximum absolute atomic E-state index is 11.9. The Morgan fingerprint density at radius 1 is 1.10 bits per heavy atom. The SMILES string of the molecule is CCOC(=O)[C@@H](C)NS(=O)(=O)N[C@@H](CC(C)C)C(=O)OC. The Morgan fingerprint density at radius 3 is 2.10 bits per heavy atom. The van der Waals surface area contributed by atoms with Crippen molar-refractivity contribution in [1.29, 1.82) is 0 Å². The van der Waals surface area contributed by atoms with E-state index in [0.717, 1.165) is 0 Å². The lowest BCUT2D eigenvalue weighted by Gasteiger charge is -2.20. The van der Waals surface area contributed by atoms with Crippen molar-refractivity contribution in [2.75, 3.05) is 13.7 Å². The molecule has 0 saturated carbocycles. The lowest BCUT2D eigenvalue weighted by atomic mass is 10.1. The summed E-state index contributed by atoms with van der Waals surface area (Å²) in [5.74, 6) is -1.29. The first kappa shape index (κ1) is 19.8. The molecule has 0 fully saturated rings. The highest BCUT2D eigenvalue weighted by atomic mass is 32.2. The van der Waals surface area contributed by atoms with Gasteiger partial charge in [0.2, 0.25) is 0 Å². The number of esters is 2. The molecule has 0 unspecified atom stereocenters. The van der Waals surface area contributed by atoms with Gasteiger partial charge in [0.1, 0.15) is 12.1 Å². The predicted molar refractivity (Wildman–Crippen MR) is 76.5 cm³/mol. The van der Waals surface area contributed by atoms with Gasteiger partial charge in [-0.1, -0.05) is 13.8 Å². The van der Waals surface area contributed by atoms with Crippen molar-refractivity contribution in [3.05, 3.63) is 0 Å². The molecule has 2 atom stereocenters. The summed E-state index contributed by atoms with van der Waals surface area (Å²) in [4.78, 5) is 23.0. The van der Waals surface area contributed by atoms with Gasteiger partial charge in [-0.2, -0.15) is 17.9 Å². The lowest BCUT2D eigenvalue weighted by Crippen LogP contribution is -2.51. The molecular formula is C12H24N2O6S. The van der Waals surface area contributed by atoms with E-state index in [0.29, 0.717) is 0 Å². The number of methoxy groups -OCH3 is 1. The number of rotatable bonds is 9. The molecule has 0 aromatic heterocycles. The zero-order valence-electron chi connectivity index (χ0n) is 13.0. The molecule has 0 aromatic rings. The first-order chi connectivity index (χ1) is 9.62. The highest BCUT2D eigenvalue weighted by molar-refractivity contribution is 7.87. The smallest absolute Gasteiger partial charge is 0.323 e. The van der Waals surface area contributed by atoms with E-state index in [1.54, 1.807) is 6.92 Å². The highest BCUT2D eigenvalue weighted by Crippen LogP contribution is 2.07. The normalized spacial score (nSPS) is 14.6. The fourth-order valence-corrected chi connectivity index (χ4v) is 2.77. The Bertz CT molecular complexity index is 449. The molecule has 0 aliphatic heterocycles. The zero-order valence-corrected chi connectivity index (χ0v) is 13.8. The zero-order chi connectivity index (χ0) is 16.6. The van der Waals surface area contributed by atoms with Gasteiger partial charge in [0.05, 0.1) is 13.7 Å². The van der Waals surface area contributed by atoms with Crippen molar-refractivity contribution < 1.29 is 27.5 Å². The van der Waals surface area contributed by atoms with Crippen molar-refractivity contribution in [3.8, 4) is 0 Å². The molecule has 9 heteroatoms. The van der Waals surface area contributed by atoms with E-state index in [4.69, 9.17) is 4.74 Å². The summed E-state index contributed by atoms with van der Waals surface area (Å²) in [6.45, 7) is 6.81. The monoisotopic (exact) mass is 324 g/mol. The summed E-state index contributed by atoms with van der Waals surface area (Å²) in [7, 11) is -2.87. The molecule has 0 aliphatic carbocycles. The Morgan fingerprint density at radius 2 is 1.67 bits per heavy atom. The van der Waals surface area contributed by atoms with E-state index < -0.39 is 34.2 Å². The number of nitrogens with one attached hydrogen (secondary N) is 2. The molecule has 0 bridgehead atoms. The third-order valence-corrected chi connectivity index (χ3v) is 3.72. The quantitative estimate of drug-likeness (QED) is 0.575. The van der Waals surface area contributed by atoms with Crippen LogP contribution in [0.25, 0.3) is 0 Å².